The predicted molar refractivity (Wildman–Crippen MR) is 82.2 cm³/mol. The molecule has 0 heterocycles. The van der Waals surface area contributed by atoms with Gasteiger partial charge in [0.25, 0.3) is 0 Å². The van der Waals surface area contributed by atoms with Crippen LogP contribution in [0.15, 0.2) is 12.1 Å². The normalized spacial score (nSPS) is 11.9. The molecular formula is C15H22ClNO4. The third-order valence-electron chi connectivity index (χ3n) is 2.95. The molecule has 0 spiro atoms. The second-order valence-electron chi connectivity index (χ2n) is 4.34. The topological polar surface area (TPSA) is 56.8 Å². The highest BCUT2D eigenvalue weighted by Gasteiger charge is 2.26. The Bertz CT molecular complexity index is 479. The van der Waals surface area contributed by atoms with Crippen molar-refractivity contribution in [1.29, 1.82) is 0 Å². The zero-order valence-electron chi connectivity index (χ0n) is 12.9. The lowest BCUT2D eigenvalue weighted by Gasteiger charge is -2.20. The van der Waals surface area contributed by atoms with Crippen LogP contribution < -0.4 is 14.8 Å². The number of benzene rings is 1. The van der Waals surface area contributed by atoms with E-state index in [2.05, 4.69) is 5.32 Å². The van der Waals surface area contributed by atoms with Crippen molar-refractivity contribution in [3.8, 4) is 11.5 Å². The summed E-state index contributed by atoms with van der Waals surface area (Å²) in [5.74, 6) is 0.564. The number of carbonyl (C=O) groups is 1. The van der Waals surface area contributed by atoms with Crippen molar-refractivity contribution in [3.63, 3.8) is 0 Å². The van der Waals surface area contributed by atoms with Gasteiger partial charge in [-0.15, -0.1) is 0 Å². The first-order valence-electron chi connectivity index (χ1n) is 6.91. The molecule has 118 valence electrons. The number of hydrogen-bond acceptors (Lipinski definition) is 5. The van der Waals surface area contributed by atoms with Crippen molar-refractivity contribution in [1.82, 2.24) is 5.32 Å². The highest BCUT2D eigenvalue weighted by Crippen LogP contribution is 2.39. The van der Waals surface area contributed by atoms with E-state index in [1.807, 2.05) is 6.92 Å². The Morgan fingerprint density at radius 2 is 2.00 bits per heavy atom. The predicted octanol–water partition coefficient (Wildman–Crippen LogP) is 2.96. The molecule has 5 nitrogen and oxygen atoms in total. The second-order valence-corrected chi connectivity index (χ2v) is 4.72. The molecule has 1 rings (SSSR count). The van der Waals surface area contributed by atoms with Gasteiger partial charge in [0.05, 0.1) is 25.8 Å². The molecule has 1 aromatic rings. The van der Waals surface area contributed by atoms with Gasteiger partial charge in [-0.1, -0.05) is 24.6 Å². The highest BCUT2D eigenvalue weighted by atomic mass is 35.5. The maximum Gasteiger partial charge on any atom is 0.327 e. The first kappa shape index (κ1) is 17.6. The summed E-state index contributed by atoms with van der Waals surface area (Å²) in [4.78, 5) is 12.1. The van der Waals surface area contributed by atoms with Crippen LogP contribution in [0.2, 0.25) is 5.02 Å². The molecule has 1 N–H and O–H groups in total. The Labute approximate surface area is 130 Å². The number of rotatable bonds is 8. The average Bonchev–Trinajstić information content (AvgIpc) is 2.48. The molecule has 0 radical (unpaired) electrons. The van der Waals surface area contributed by atoms with Gasteiger partial charge in [-0.05, 0) is 26.0 Å². The van der Waals surface area contributed by atoms with Gasteiger partial charge in [-0.2, -0.15) is 0 Å². The third-order valence-corrected chi connectivity index (χ3v) is 3.34. The molecule has 0 aliphatic heterocycles. The Morgan fingerprint density at radius 1 is 1.29 bits per heavy atom. The van der Waals surface area contributed by atoms with Gasteiger partial charge in [-0.3, -0.25) is 0 Å². The van der Waals surface area contributed by atoms with Crippen molar-refractivity contribution < 1.29 is 19.0 Å². The van der Waals surface area contributed by atoms with Crippen LogP contribution in [0.25, 0.3) is 0 Å². The van der Waals surface area contributed by atoms with E-state index in [4.69, 9.17) is 25.8 Å². The SMILES string of the molecule is CCCNC(C(=O)OCC)c1ccc(OC)c(OC)c1Cl. The van der Waals surface area contributed by atoms with E-state index in [-0.39, 0.29) is 5.97 Å². The Kier molecular flexibility index (Phi) is 7.32. The molecule has 1 aromatic carbocycles. The van der Waals surface area contributed by atoms with E-state index < -0.39 is 6.04 Å². The van der Waals surface area contributed by atoms with E-state index in [0.717, 1.165) is 6.42 Å². The molecule has 0 bridgehead atoms. The molecule has 6 heteroatoms. The molecular weight excluding hydrogens is 294 g/mol. The highest BCUT2D eigenvalue weighted by molar-refractivity contribution is 6.33. The van der Waals surface area contributed by atoms with Crippen molar-refractivity contribution in [2.24, 2.45) is 0 Å². The molecule has 1 atom stereocenters. The van der Waals surface area contributed by atoms with E-state index >= 15 is 0 Å². The van der Waals surface area contributed by atoms with E-state index in [1.54, 1.807) is 19.1 Å². The summed E-state index contributed by atoms with van der Waals surface area (Å²) in [6, 6.07) is 2.84. The summed E-state index contributed by atoms with van der Waals surface area (Å²) < 4.78 is 15.6. The number of ether oxygens (including phenoxy) is 3. The van der Waals surface area contributed by atoms with Crippen LogP contribution in [0.3, 0.4) is 0 Å². The minimum Gasteiger partial charge on any atom is -0.493 e. The summed E-state index contributed by atoms with van der Waals surface area (Å²) in [7, 11) is 3.04. The van der Waals surface area contributed by atoms with Crippen LogP contribution in [-0.4, -0.2) is 33.3 Å². The molecule has 0 saturated carbocycles. The Balaban J connectivity index is 3.20. The van der Waals surface area contributed by atoms with Gasteiger partial charge in [0.2, 0.25) is 0 Å². The van der Waals surface area contributed by atoms with Crippen LogP contribution in [0.5, 0.6) is 11.5 Å². The Hall–Kier alpha value is -1.46. The fraction of sp³-hybridized carbons (Fsp3) is 0.533. The van der Waals surface area contributed by atoms with Crippen LogP contribution in [0, 0.1) is 0 Å². The monoisotopic (exact) mass is 315 g/mol. The summed E-state index contributed by atoms with van der Waals surface area (Å²) in [6.07, 6.45) is 0.890. The zero-order chi connectivity index (χ0) is 15.8. The van der Waals surface area contributed by atoms with Crippen LogP contribution in [0.4, 0.5) is 0 Å². The van der Waals surface area contributed by atoms with Crippen molar-refractivity contribution >= 4 is 17.6 Å². The quantitative estimate of drug-likeness (QED) is 0.747. The van der Waals surface area contributed by atoms with Gasteiger partial charge in [-0.25, -0.2) is 4.79 Å². The fourth-order valence-electron chi connectivity index (χ4n) is 1.96. The van der Waals surface area contributed by atoms with Crippen LogP contribution >= 0.6 is 11.6 Å². The first-order valence-corrected chi connectivity index (χ1v) is 7.28. The third kappa shape index (κ3) is 4.25. The number of hydrogen-bond donors (Lipinski definition) is 1. The minimum atomic E-state index is -0.628. The molecule has 0 aromatic heterocycles. The standard InChI is InChI=1S/C15H22ClNO4/c1-5-9-17-13(15(18)21-6-2)10-7-8-11(19-3)14(20-4)12(10)16/h7-8,13,17H,5-6,9H2,1-4H3. The van der Waals surface area contributed by atoms with Crippen molar-refractivity contribution in [3.05, 3.63) is 22.7 Å². The van der Waals surface area contributed by atoms with E-state index in [0.29, 0.717) is 35.2 Å². The largest absolute Gasteiger partial charge is 0.493 e. The summed E-state index contributed by atoms with van der Waals surface area (Å²) >= 11 is 6.36. The van der Waals surface area contributed by atoms with Gasteiger partial charge < -0.3 is 19.5 Å². The lowest BCUT2D eigenvalue weighted by molar-refractivity contribution is -0.145. The summed E-state index contributed by atoms with van der Waals surface area (Å²) in [5, 5.41) is 3.49. The average molecular weight is 316 g/mol. The van der Waals surface area contributed by atoms with E-state index in [9.17, 15) is 4.79 Å². The molecule has 0 saturated heterocycles. The minimum absolute atomic E-state index is 0.314. The molecule has 1 unspecified atom stereocenters. The summed E-state index contributed by atoms with van der Waals surface area (Å²) in [5.41, 5.74) is 0.612. The lowest BCUT2D eigenvalue weighted by atomic mass is 10.1. The van der Waals surface area contributed by atoms with Crippen molar-refractivity contribution in [2.45, 2.75) is 26.3 Å². The number of methoxy groups -OCH3 is 2. The smallest absolute Gasteiger partial charge is 0.327 e. The van der Waals surface area contributed by atoms with Crippen LogP contribution in [0.1, 0.15) is 31.9 Å². The number of esters is 1. The van der Waals surface area contributed by atoms with Gasteiger partial charge in [0.15, 0.2) is 11.5 Å². The molecule has 0 aliphatic carbocycles. The fourth-order valence-corrected chi connectivity index (χ4v) is 2.30. The molecule has 0 amide bonds. The second kappa shape index (κ2) is 8.74. The maximum absolute atomic E-state index is 12.1. The zero-order valence-corrected chi connectivity index (χ0v) is 13.6. The number of halogens is 1. The first-order chi connectivity index (χ1) is 10.1. The number of nitrogens with one attached hydrogen (secondary N) is 1. The van der Waals surface area contributed by atoms with Gasteiger partial charge >= 0.3 is 5.97 Å². The van der Waals surface area contributed by atoms with Crippen molar-refractivity contribution in [2.75, 3.05) is 27.4 Å². The Morgan fingerprint density at radius 3 is 2.52 bits per heavy atom. The lowest BCUT2D eigenvalue weighted by Crippen LogP contribution is -2.31. The van der Waals surface area contributed by atoms with Gasteiger partial charge in [0.1, 0.15) is 6.04 Å². The molecule has 21 heavy (non-hydrogen) atoms. The molecule has 0 fully saturated rings. The summed E-state index contributed by atoms with van der Waals surface area (Å²) in [6.45, 7) is 4.78. The molecule has 0 aliphatic rings. The number of carbonyl (C=O) groups excluding carboxylic acids is 1. The maximum atomic E-state index is 12.1. The van der Waals surface area contributed by atoms with Crippen LogP contribution in [-0.2, 0) is 9.53 Å². The van der Waals surface area contributed by atoms with Gasteiger partial charge in [0, 0.05) is 5.56 Å². The van der Waals surface area contributed by atoms with E-state index in [1.165, 1.54) is 14.2 Å².